The summed E-state index contributed by atoms with van der Waals surface area (Å²) in [5.74, 6) is 0.471. The Morgan fingerprint density at radius 1 is 1.23 bits per heavy atom. The monoisotopic (exact) mass is 445 g/mol. The van der Waals surface area contributed by atoms with Gasteiger partial charge in [-0.15, -0.1) is 0 Å². The standard InChI is InChI=1S/C22H27N3O5S/c1-17-16-22(13-14-24-17,25(27)21(23)26)31(28,29)15-12-20(18-8-4-2-5-9-18)30-19-10-6-3-7-11-19/h2-12,17,24,27H,13-16H2,1H3,(H2,23,26). The highest BCUT2D eigenvalue weighted by Crippen LogP contribution is 2.34. The summed E-state index contributed by atoms with van der Waals surface area (Å²) in [5.41, 5.74) is 5.95. The molecule has 3 rings (SSSR count). The third-order valence-electron chi connectivity index (χ3n) is 5.32. The molecule has 8 nitrogen and oxygen atoms in total. The van der Waals surface area contributed by atoms with Crippen LogP contribution in [0.5, 0.6) is 5.75 Å². The van der Waals surface area contributed by atoms with Crippen LogP contribution in [0.4, 0.5) is 4.79 Å². The van der Waals surface area contributed by atoms with Crippen molar-refractivity contribution >= 4 is 21.6 Å². The third-order valence-corrected chi connectivity index (χ3v) is 7.63. The summed E-state index contributed by atoms with van der Waals surface area (Å²) in [6, 6.07) is 16.7. The van der Waals surface area contributed by atoms with E-state index in [4.69, 9.17) is 10.5 Å². The lowest BCUT2D eigenvalue weighted by Gasteiger charge is -2.43. The van der Waals surface area contributed by atoms with E-state index in [0.29, 0.717) is 23.6 Å². The van der Waals surface area contributed by atoms with E-state index < -0.39 is 26.5 Å². The highest BCUT2D eigenvalue weighted by atomic mass is 32.2. The number of ether oxygens (including phenoxy) is 1. The maximum Gasteiger partial charge on any atom is 0.340 e. The van der Waals surface area contributed by atoms with Gasteiger partial charge < -0.3 is 15.8 Å². The van der Waals surface area contributed by atoms with E-state index in [-0.39, 0.29) is 23.9 Å². The van der Waals surface area contributed by atoms with Gasteiger partial charge >= 0.3 is 6.03 Å². The molecular formula is C22H27N3O5S. The van der Waals surface area contributed by atoms with Crippen LogP contribution >= 0.6 is 0 Å². The van der Waals surface area contributed by atoms with Crippen LogP contribution in [0, 0.1) is 0 Å². The molecule has 0 radical (unpaired) electrons. The highest BCUT2D eigenvalue weighted by Gasteiger charge is 2.52. The number of carbonyl (C=O) groups excluding carboxylic acids is 1. The van der Waals surface area contributed by atoms with Crippen LogP contribution in [0.2, 0.25) is 0 Å². The van der Waals surface area contributed by atoms with Crippen LogP contribution in [-0.2, 0) is 9.84 Å². The number of hydroxylamine groups is 2. The van der Waals surface area contributed by atoms with Gasteiger partial charge in [0, 0.05) is 24.4 Å². The van der Waals surface area contributed by atoms with E-state index in [1.54, 1.807) is 19.1 Å². The number of benzene rings is 2. The van der Waals surface area contributed by atoms with Crippen LogP contribution in [0.25, 0.3) is 5.76 Å². The Balaban J connectivity index is 1.97. The normalized spacial score (nSPS) is 22.0. The Kier molecular flexibility index (Phi) is 6.99. The zero-order valence-corrected chi connectivity index (χ0v) is 18.1. The summed E-state index contributed by atoms with van der Waals surface area (Å²) in [5, 5.41) is 13.7. The molecule has 9 heteroatoms. The first-order chi connectivity index (χ1) is 14.7. The highest BCUT2D eigenvalue weighted by molar-refractivity contribution is 7.92. The maximum absolute atomic E-state index is 13.4. The van der Waals surface area contributed by atoms with Gasteiger partial charge in [-0.1, -0.05) is 48.5 Å². The molecule has 1 aliphatic heterocycles. The van der Waals surface area contributed by atoms with E-state index in [9.17, 15) is 18.4 Å². The number of hydrogen-bond donors (Lipinski definition) is 3. The predicted molar refractivity (Wildman–Crippen MR) is 118 cm³/mol. The molecule has 1 aliphatic rings. The molecular weight excluding hydrogens is 418 g/mol. The average Bonchev–Trinajstić information content (AvgIpc) is 2.77. The number of piperidine rings is 1. The van der Waals surface area contributed by atoms with E-state index in [1.165, 1.54) is 6.08 Å². The molecule has 1 fully saturated rings. The van der Waals surface area contributed by atoms with Gasteiger partial charge in [-0.3, -0.25) is 5.21 Å². The van der Waals surface area contributed by atoms with Crippen LogP contribution in [0.3, 0.4) is 0 Å². The van der Waals surface area contributed by atoms with E-state index in [1.807, 2.05) is 48.5 Å². The molecule has 2 atom stereocenters. The first-order valence-electron chi connectivity index (χ1n) is 9.98. The smallest absolute Gasteiger partial charge is 0.340 e. The minimum atomic E-state index is -4.04. The number of nitrogens with two attached hydrogens (primary N) is 1. The molecule has 31 heavy (non-hydrogen) atoms. The van der Waals surface area contributed by atoms with E-state index >= 15 is 0 Å². The first kappa shape index (κ1) is 22.8. The van der Waals surface area contributed by atoms with Crippen molar-refractivity contribution in [3.05, 3.63) is 72.3 Å². The summed E-state index contributed by atoms with van der Waals surface area (Å²) >= 11 is 0. The van der Waals surface area contributed by atoms with Crippen molar-refractivity contribution in [1.82, 2.24) is 10.4 Å². The fourth-order valence-electron chi connectivity index (χ4n) is 3.75. The lowest BCUT2D eigenvalue weighted by Crippen LogP contribution is -2.63. The lowest BCUT2D eigenvalue weighted by atomic mass is 9.99. The van der Waals surface area contributed by atoms with Crippen LogP contribution in [-0.4, -0.2) is 47.9 Å². The lowest BCUT2D eigenvalue weighted by molar-refractivity contribution is -0.103. The summed E-state index contributed by atoms with van der Waals surface area (Å²) in [6.45, 7) is 2.11. The van der Waals surface area contributed by atoms with Gasteiger partial charge in [0.05, 0.1) is 5.75 Å². The SMILES string of the molecule is CC1CC(N(O)C(N)=O)(S(=O)(=O)CC=C(Oc2ccccc2)c2ccccc2)CCN1. The molecule has 166 valence electrons. The molecule has 2 amide bonds. The zero-order chi connectivity index (χ0) is 22.5. The van der Waals surface area contributed by atoms with E-state index in [2.05, 4.69) is 5.32 Å². The Morgan fingerprint density at radius 2 is 1.84 bits per heavy atom. The van der Waals surface area contributed by atoms with Crippen molar-refractivity contribution in [1.29, 1.82) is 0 Å². The average molecular weight is 446 g/mol. The molecule has 2 aromatic carbocycles. The van der Waals surface area contributed by atoms with Crippen LogP contribution in [0.15, 0.2) is 66.7 Å². The topological polar surface area (TPSA) is 122 Å². The minimum Gasteiger partial charge on any atom is -0.457 e. The number of rotatable bonds is 7. The van der Waals surface area contributed by atoms with Gasteiger partial charge in [-0.25, -0.2) is 13.2 Å². The molecule has 4 N–H and O–H groups in total. The van der Waals surface area contributed by atoms with Crippen molar-refractivity contribution in [2.75, 3.05) is 12.3 Å². The van der Waals surface area contributed by atoms with Gasteiger partial charge in [0.1, 0.15) is 11.5 Å². The first-order valence-corrected chi connectivity index (χ1v) is 11.6. The molecule has 0 aromatic heterocycles. The Hall–Kier alpha value is -2.88. The molecule has 0 spiro atoms. The summed E-state index contributed by atoms with van der Waals surface area (Å²) < 4.78 is 32.9. The van der Waals surface area contributed by atoms with Crippen molar-refractivity contribution in [3.63, 3.8) is 0 Å². The van der Waals surface area contributed by atoms with Gasteiger partial charge in [0.25, 0.3) is 0 Å². The number of hydrogen-bond acceptors (Lipinski definition) is 6. The fraction of sp³-hybridized carbons (Fsp3) is 0.318. The molecule has 1 saturated heterocycles. The quantitative estimate of drug-likeness (QED) is 0.342. The van der Waals surface area contributed by atoms with Crippen molar-refractivity contribution in [2.24, 2.45) is 5.73 Å². The van der Waals surface area contributed by atoms with Gasteiger partial charge in [-0.05, 0) is 31.7 Å². The number of primary amides is 1. The number of para-hydroxylation sites is 1. The number of urea groups is 1. The summed E-state index contributed by atoms with van der Waals surface area (Å²) in [7, 11) is -4.04. The third kappa shape index (κ3) is 5.07. The molecule has 0 saturated carbocycles. The predicted octanol–water partition coefficient (Wildman–Crippen LogP) is 2.76. The molecule has 1 heterocycles. The molecule has 0 bridgehead atoms. The molecule has 0 aliphatic carbocycles. The Morgan fingerprint density at radius 3 is 2.42 bits per heavy atom. The van der Waals surface area contributed by atoms with Gasteiger partial charge in [-0.2, -0.15) is 5.06 Å². The molecule has 2 unspecified atom stereocenters. The van der Waals surface area contributed by atoms with Gasteiger partial charge in [0.2, 0.25) is 0 Å². The number of carbonyl (C=O) groups is 1. The van der Waals surface area contributed by atoms with Crippen LogP contribution < -0.4 is 15.8 Å². The number of amides is 2. The Bertz CT molecular complexity index is 1030. The number of nitrogens with one attached hydrogen (secondary N) is 1. The second-order valence-corrected chi connectivity index (χ2v) is 9.86. The maximum atomic E-state index is 13.4. The Labute approximate surface area is 182 Å². The zero-order valence-electron chi connectivity index (χ0n) is 17.3. The number of sulfone groups is 1. The largest absolute Gasteiger partial charge is 0.457 e. The van der Waals surface area contributed by atoms with Crippen LogP contribution in [0.1, 0.15) is 25.3 Å². The van der Waals surface area contributed by atoms with Gasteiger partial charge in [0.15, 0.2) is 14.7 Å². The minimum absolute atomic E-state index is 0.0167. The summed E-state index contributed by atoms with van der Waals surface area (Å²) in [6.07, 6.45) is 1.50. The van der Waals surface area contributed by atoms with Crippen molar-refractivity contribution in [3.8, 4) is 5.75 Å². The molecule has 2 aromatic rings. The summed E-state index contributed by atoms with van der Waals surface area (Å²) in [4.78, 5) is 9.92. The second-order valence-electron chi connectivity index (χ2n) is 7.54. The number of nitrogens with zero attached hydrogens (tertiary/aromatic N) is 1. The van der Waals surface area contributed by atoms with Crippen molar-refractivity contribution in [2.45, 2.75) is 30.7 Å². The van der Waals surface area contributed by atoms with Crippen molar-refractivity contribution < 1.29 is 23.2 Å². The van der Waals surface area contributed by atoms with E-state index in [0.717, 1.165) is 0 Å². The fourth-order valence-corrected chi connectivity index (χ4v) is 5.70. The second kappa shape index (κ2) is 9.51.